The van der Waals surface area contributed by atoms with Crippen molar-refractivity contribution < 1.29 is 8.78 Å². The molecule has 8 aromatic rings. The Morgan fingerprint density at radius 3 is 2.31 bits per heavy atom. The van der Waals surface area contributed by atoms with E-state index in [1.54, 1.807) is 27.4 Å². The van der Waals surface area contributed by atoms with Gasteiger partial charge in [0.05, 0.1) is 45.5 Å². The van der Waals surface area contributed by atoms with Gasteiger partial charge >= 0.3 is 0 Å². The second kappa shape index (κ2) is 17.3. The van der Waals surface area contributed by atoms with Crippen molar-refractivity contribution in [2.75, 3.05) is 46.8 Å². The van der Waals surface area contributed by atoms with Crippen molar-refractivity contribution in [3.8, 4) is 22.5 Å². The predicted molar refractivity (Wildman–Crippen MR) is 241 cm³/mol. The van der Waals surface area contributed by atoms with Crippen molar-refractivity contribution in [1.29, 1.82) is 0 Å². The highest BCUT2D eigenvalue weighted by atomic mass is 19.1. The molecule has 7 heterocycles. The van der Waals surface area contributed by atoms with Crippen molar-refractivity contribution in [2.45, 2.75) is 58.3 Å². The zero-order valence-electron chi connectivity index (χ0n) is 36.2. The number of aromatic nitrogens is 9. The van der Waals surface area contributed by atoms with Crippen molar-refractivity contribution in [1.82, 2.24) is 59.9 Å². The number of benzene rings is 3. The van der Waals surface area contributed by atoms with E-state index in [0.29, 0.717) is 44.7 Å². The molecular weight excluding hydrogens is 783 g/mol. The largest absolute Gasteiger partial charge is 0.391 e. The third-order valence-electron chi connectivity index (χ3n) is 12.1. The van der Waals surface area contributed by atoms with Gasteiger partial charge in [0, 0.05) is 58.9 Å². The molecule has 2 aliphatic heterocycles. The van der Waals surface area contributed by atoms with E-state index in [2.05, 4.69) is 70.9 Å². The number of hydrogen-bond acceptors (Lipinski definition) is 10. The number of nitrogens with one attached hydrogen (secondary N) is 1. The average molecular weight is 835 g/mol. The minimum absolute atomic E-state index is 0.206. The van der Waals surface area contributed by atoms with Crippen LogP contribution in [0.5, 0.6) is 0 Å². The number of halogens is 2. The van der Waals surface area contributed by atoms with E-state index in [-0.39, 0.29) is 17.6 Å². The molecule has 318 valence electrons. The highest BCUT2D eigenvalue weighted by molar-refractivity contribution is 5.89. The van der Waals surface area contributed by atoms with Crippen molar-refractivity contribution in [3.05, 3.63) is 119 Å². The first kappa shape index (κ1) is 41.1. The van der Waals surface area contributed by atoms with Gasteiger partial charge in [-0.15, -0.1) is 10.2 Å². The number of aryl methyl sites for hydroxylation is 4. The maximum Gasteiger partial charge on any atom is 0.156 e. The summed E-state index contributed by atoms with van der Waals surface area (Å²) in [5.41, 5.74) is 10.7. The minimum Gasteiger partial charge on any atom is -0.391 e. The van der Waals surface area contributed by atoms with Crippen LogP contribution in [0, 0.1) is 32.4 Å². The lowest BCUT2D eigenvalue weighted by Gasteiger charge is -2.31. The predicted octanol–water partition coefficient (Wildman–Crippen LogP) is 8.45. The van der Waals surface area contributed by atoms with Crippen LogP contribution in [0.3, 0.4) is 0 Å². The quantitative estimate of drug-likeness (QED) is 0.160. The number of hydrogen-bond donors (Lipinski definition) is 1. The van der Waals surface area contributed by atoms with Crippen LogP contribution in [0.1, 0.15) is 65.6 Å². The summed E-state index contributed by atoms with van der Waals surface area (Å²) in [6.45, 7) is 11.2. The molecular formula is C48H52F2N12. The monoisotopic (exact) mass is 834 g/mol. The Kier molecular flexibility index (Phi) is 11.4. The van der Waals surface area contributed by atoms with Crippen LogP contribution in [0.2, 0.25) is 0 Å². The molecule has 0 radical (unpaired) electrons. The lowest BCUT2D eigenvalue weighted by molar-refractivity contribution is 0.201. The molecule has 1 unspecified atom stereocenters. The summed E-state index contributed by atoms with van der Waals surface area (Å²) in [5.74, 6) is -0.00423. The van der Waals surface area contributed by atoms with E-state index < -0.39 is 0 Å². The van der Waals surface area contributed by atoms with Crippen LogP contribution in [0.25, 0.3) is 60.9 Å². The molecule has 62 heavy (non-hydrogen) atoms. The summed E-state index contributed by atoms with van der Waals surface area (Å²) in [6, 6.07) is 16.7. The molecule has 2 aliphatic rings. The Hall–Kier alpha value is -6.25. The van der Waals surface area contributed by atoms with Crippen molar-refractivity contribution >= 4 is 38.4 Å². The number of allylic oxidation sites excluding steroid dienone is 1. The average Bonchev–Trinajstić information content (AvgIpc) is 3.85. The van der Waals surface area contributed by atoms with Crippen LogP contribution < -0.4 is 5.32 Å². The van der Waals surface area contributed by atoms with E-state index in [9.17, 15) is 4.39 Å². The Morgan fingerprint density at radius 2 is 1.52 bits per heavy atom. The first-order chi connectivity index (χ1) is 29.9. The molecule has 5 aromatic heterocycles. The highest BCUT2D eigenvalue weighted by Crippen LogP contribution is 2.33. The second-order valence-electron chi connectivity index (χ2n) is 17.2. The SMILES string of the molecule is Cc1cc(-c2cc3c(F)cc(C4C=CNCC4)cc3nn2)cc2cn(C)nc12.Cc1cn2nc(-c3cc(F)c4cc(C5CCN(CCCN(C)C)CC5)nnc4c3)cc(C)c2n1. The van der Waals surface area contributed by atoms with Crippen molar-refractivity contribution in [3.63, 3.8) is 0 Å². The lowest BCUT2D eigenvalue weighted by atomic mass is 9.92. The zero-order chi connectivity index (χ0) is 43.1. The maximum absolute atomic E-state index is 15.2. The van der Waals surface area contributed by atoms with Crippen LogP contribution in [0.15, 0.2) is 79.3 Å². The normalized spacial score (nSPS) is 16.1. The van der Waals surface area contributed by atoms with Gasteiger partial charge in [-0.3, -0.25) is 4.68 Å². The molecule has 10 rings (SSSR count). The Labute approximate surface area is 359 Å². The third kappa shape index (κ3) is 8.62. The Morgan fingerprint density at radius 1 is 0.758 bits per heavy atom. The fourth-order valence-electron chi connectivity index (χ4n) is 8.85. The molecule has 0 spiro atoms. The van der Waals surface area contributed by atoms with Gasteiger partial charge in [0.1, 0.15) is 11.6 Å². The van der Waals surface area contributed by atoms with Gasteiger partial charge in [-0.2, -0.15) is 20.4 Å². The Balaban J connectivity index is 0.000000161. The molecule has 3 aromatic carbocycles. The molecule has 1 atom stereocenters. The van der Waals surface area contributed by atoms with Crippen LogP contribution in [0.4, 0.5) is 8.78 Å². The van der Waals surface area contributed by atoms with Gasteiger partial charge in [0.2, 0.25) is 0 Å². The number of imidazole rings is 1. The summed E-state index contributed by atoms with van der Waals surface area (Å²) in [7, 11) is 6.13. The number of likely N-dealkylation sites (tertiary alicyclic amines) is 1. The van der Waals surface area contributed by atoms with E-state index in [1.165, 1.54) is 6.42 Å². The molecule has 14 heteroatoms. The van der Waals surface area contributed by atoms with Crippen LogP contribution in [-0.2, 0) is 7.05 Å². The molecule has 0 saturated carbocycles. The standard InChI is InChI=1S/C26H32FN7.C22H20FN5/c1-17-12-24(31-34-16-18(2)28-26(17)34)20-13-22(27)21-15-23(29-30-25(21)14-20)19-6-10-33(11-7-19)9-5-8-32(3)4;1-13-7-16(8-17-12-28(2)27-22(13)17)20-11-18-19(23)9-15(10-21(18)26-25-20)14-3-5-24-6-4-14/h12-16,19H,5-11H2,1-4H3;3,5,7-12,14,24H,4,6H2,1-2H3. The molecule has 0 aliphatic carbocycles. The summed E-state index contributed by atoms with van der Waals surface area (Å²) in [6.07, 6.45) is 12.0. The number of piperidine rings is 1. The molecule has 0 bridgehead atoms. The second-order valence-corrected chi connectivity index (χ2v) is 17.2. The number of nitrogens with zero attached hydrogens (tertiary/aromatic N) is 11. The van der Waals surface area contributed by atoms with Gasteiger partial charge in [-0.25, -0.2) is 18.3 Å². The first-order valence-corrected chi connectivity index (χ1v) is 21.4. The van der Waals surface area contributed by atoms with Gasteiger partial charge in [0.15, 0.2) is 5.65 Å². The molecule has 1 N–H and O–H groups in total. The number of fused-ring (bicyclic) bond motifs is 4. The Bertz CT molecular complexity index is 2960. The maximum atomic E-state index is 15.2. The topological polar surface area (TPSA) is 118 Å². The zero-order valence-corrected chi connectivity index (χ0v) is 36.2. The summed E-state index contributed by atoms with van der Waals surface area (Å²) < 4.78 is 33.7. The van der Waals surface area contributed by atoms with E-state index >= 15 is 4.39 Å². The van der Waals surface area contributed by atoms with Crippen LogP contribution >= 0.6 is 0 Å². The molecule has 1 saturated heterocycles. The third-order valence-corrected chi connectivity index (χ3v) is 12.1. The van der Waals surface area contributed by atoms with E-state index in [1.807, 2.05) is 82.8 Å². The molecule has 12 nitrogen and oxygen atoms in total. The summed E-state index contributed by atoms with van der Waals surface area (Å²) >= 11 is 0. The van der Waals surface area contributed by atoms with Crippen molar-refractivity contribution in [2.24, 2.45) is 7.05 Å². The van der Waals surface area contributed by atoms with E-state index in [4.69, 9.17) is 0 Å². The minimum atomic E-state index is -0.286. The molecule has 0 amide bonds. The highest BCUT2D eigenvalue weighted by Gasteiger charge is 2.23. The van der Waals surface area contributed by atoms with Gasteiger partial charge in [-0.05, 0) is 164 Å². The lowest BCUT2D eigenvalue weighted by Crippen LogP contribution is -2.35. The fraction of sp³-hybridized carbons (Fsp3) is 0.354. The molecule has 1 fully saturated rings. The fourth-order valence-corrected chi connectivity index (χ4v) is 8.85. The van der Waals surface area contributed by atoms with Gasteiger partial charge in [-0.1, -0.05) is 6.08 Å². The first-order valence-electron chi connectivity index (χ1n) is 21.4. The number of rotatable bonds is 8. The van der Waals surface area contributed by atoms with Crippen LogP contribution in [-0.4, -0.2) is 101 Å². The van der Waals surface area contributed by atoms with E-state index in [0.717, 1.165) is 102 Å². The smallest absolute Gasteiger partial charge is 0.156 e. The summed E-state index contributed by atoms with van der Waals surface area (Å²) in [5, 5.41) is 32.0. The summed E-state index contributed by atoms with van der Waals surface area (Å²) in [4.78, 5) is 9.24. The van der Waals surface area contributed by atoms with Gasteiger partial charge in [0.25, 0.3) is 0 Å². The van der Waals surface area contributed by atoms with Gasteiger partial charge < -0.3 is 15.1 Å².